The molecule has 0 aromatic rings. The summed E-state index contributed by atoms with van der Waals surface area (Å²) in [5.41, 5.74) is 8.11. The fourth-order valence-electron chi connectivity index (χ4n) is 0.397. The molecule has 0 saturated heterocycles. The van der Waals surface area contributed by atoms with Crippen LogP contribution in [0.1, 0.15) is 26.2 Å². The van der Waals surface area contributed by atoms with Crippen molar-refractivity contribution in [3.8, 4) is 0 Å². The molecule has 7 heavy (non-hydrogen) atoms. The summed E-state index contributed by atoms with van der Waals surface area (Å²) in [7, 11) is 0. The van der Waals surface area contributed by atoms with Crippen molar-refractivity contribution in [3.63, 3.8) is 0 Å². The van der Waals surface area contributed by atoms with Crippen molar-refractivity contribution in [1.29, 1.82) is 0 Å². The zero-order valence-corrected chi connectivity index (χ0v) is 4.72. The Morgan fingerprint density at radius 3 is 2.71 bits per heavy atom. The standard InChI is InChI=1S/C6H11N/c1-2-3-4-5-6-7/h5-6H,2-4H2,1H3. The van der Waals surface area contributed by atoms with Crippen LogP contribution >= 0.6 is 0 Å². The highest BCUT2D eigenvalue weighted by Gasteiger charge is 1.73. The second kappa shape index (κ2) is 5.54. The molecule has 0 atom stereocenters. The van der Waals surface area contributed by atoms with E-state index >= 15 is 0 Å². The van der Waals surface area contributed by atoms with Gasteiger partial charge in [0.1, 0.15) is 0 Å². The molecule has 1 nitrogen and oxygen atoms in total. The van der Waals surface area contributed by atoms with E-state index in [1.807, 2.05) is 0 Å². The molecule has 0 rings (SSSR count). The smallest absolute Gasteiger partial charge is 0.0455 e. The summed E-state index contributed by atoms with van der Waals surface area (Å²) in [4.78, 5) is 0. The lowest BCUT2D eigenvalue weighted by atomic mass is 10.2. The minimum absolute atomic E-state index is 1.01. The fourth-order valence-corrected chi connectivity index (χ4v) is 0.397. The van der Waals surface area contributed by atoms with E-state index in [0.29, 0.717) is 0 Å². The molecule has 0 heterocycles. The van der Waals surface area contributed by atoms with Crippen LogP contribution in [0.25, 0.3) is 0 Å². The third-order valence-corrected chi connectivity index (χ3v) is 0.830. The Kier molecular flexibility index (Phi) is 5.18. The third-order valence-electron chi connectivity index (χ3n) is 0.830. The topological polar surface area (TPSA) is 22.3 Å². The van der Waals surface area contributed by atoms with E-state index in [1.54, 1.807) is 6.08 Å². The lowest BCUT2D eigenvalue weighted by molar-refractivity contribution is 0.813. The van der Waals surface area contributed by atoms with Crippen molar-refractivity contribution >= 4 is 0 Å². The maximum absolute atomic E-state index is 8.11. The van der Waals surface area contributed by atoms with Crippen molar-refractivity contribution in [3.05, 3.63) is 12.3 Å². The zero-order chi connectivity index (χ0) is 5.54. The molecule has 2 radical (unpaired) electrons. The van der Waals surface area contributed by atoms with Gasteiger partial charge in [0.05, 0.1) is 0 Å². The Morgan fingerprint density at radius 2 is 2.29 bits per heavy atom. The van der Waals surface area contributed by atoms with Crippen LogP contribution in [0.2, 0.25) is 0 Å². The van der Waals surface area contributed by atoms with Gasteiger partial charge in [-0.05, 0) is 6.42 Å². The van der Waals surface area contributed by atoms with E-state index in [-0.39, 0.29) is 0 Å². The van der Waals surface area contributed by atoms with Crippen LogP contribution in [-0.4, -0.2) is 0 Å². The summed E-state index contributed by atoms with van der Waals surface area (Å²) in [6.45, 7) is 2.13. The van der Waals surface area contributed by atoms with Gasteiger partial charge in [-0.2, -0.15) is 5.73 Å². The van der Waals surface area contributed by atoms with Gasteiger partial charge in [0, 0.05) is 6.20 Å². The molecule has 0 fully saturated rings. The third kappa shape index (κ3) is 5.54. The number of nitrogens with zero attached hydrogens (tertiary/aromatic N) is 1. The average Bonchev–Trinajstić information content (AvgIpc) is 1.69. The van der Waals surface area contributed by atoms with E-state index in [2.05, 4.69) is 6.92 Å². The van der Waals surface area contributed by atoms with Gasteiger partial charge < -0.3 is 0 Å². The first-order valence-electron chi connectivity index (χ1n) is 2.71. The number of allylic oxidation sites excluding steroid dienone is 1. The van der Waals surface area contributed by atoms with E-state index < -0.39 is 0 Å². The van der Waals surface area contributed by atoms with Crippen molar-refractivity contribution < 1.29 is 0 Å². The number of rotatable bonds is 3. The van der Waals surface area contributed by atoms with Gasteiger partial charge in [-0.1, -0.05) is 25.8 Å². The van der Waals surface area contributed by atoms with Gasteiger partial charge in [-0.3, -0.25) is 0 Å². The van der Waals surface area contributed by atoms with E-state index in [9.17, 15) is 0 Å². The molecule has 0 aromatic heterocycles. The highest BCUT2D eigenvalue weighted by molar-refractivity contribution is 4.73. The Morgan fingerprint density at radius 1 is 1.57 bits per heavy atom. The summed E-state index contributed by atoms with van der Waals surface area (Å²) in [6, 6.07) is 0. The Labute approximate surface area is 45.2 Å². The molecule has 0 bridgehead atoms. The molecule has 0 amide bonds. The molecule has 0 aliphatic carbocycles. The first kappa shape index (κ1) is 6.54. The Hall–Kier alpha value is -0.460. The van der Waals surface area contributed by atoms with Crippen LogP contribution < -0.4 is 5.73 Å². The second-order valence-corrected chi connectivity index (χ2v) is 1.53. The Balaban J connectivity index is 2.69. The summed E-state index contributed by atoms with van der Waals surface area (Å²) >= 11 is 0. The predicted molar refractivity (Wildman–Crippen MR) is 30.8 cm³/mol. The van der Waals surface area contributed by atoms with Gasteiger partial charge in [0.15, 0.2) is 0 Å². The van der Waals surface area contributed by atoms with Crippen LogP contribution in [-0.2, 0) is 0 Å². The molecule has 0 saturated carbocycles. The fraction of sp³-hybridized carbons (Fsp3) is 0.667. The summed E-state index contributed by atoms with van der Waals surface area (Å²) in [6.07, 6.45) is 6.26. The highest BCUT2D eigenvalue weighted by Crippen LogP contribution is 1.92. The molecule has 0 spiro atoms. The Bertz CT molecular complexity index is 48.1. The maximum Gasteiger partial charge on any atom is 0.0455 e. The molecule has 40 valence electrons. The molecule has 0 unspecified atom stereocenters. The lowest BCUT2D eigenvalue weighted by Crippen LogP contribution is -1.65. The largest absolute Gasteiger partial charge is 0.160 e. The van der Waals surface area contributed by atoms with Crippen LogP contribution in [0.4, 0.5) is 0 Å². The maximum atomic E-state index is 8.11. The summed E-state index contributed by atoms with van der Waals surface area (Å²) in [5.74, 6) is 0. The highest BCUT2D eigenvalue weighted by atomic mass is 14.5. The molecule has 1 heteroatoms. The molecule has 0 aromatic carbocycles. The van der Waals surface area contributed by atoms with E-state index in [1.165, 1.54) is 12.8 Å². The predicted octanol–water partition coefficient (Wildman–Crippen LogP) is 1.76. The van der Waals surface area contributed by atoms with Crippen LogP contribution in [0, 0.1) is 0 Å². The molecular weight excluding hydrogens is 86.1 g/mol. The number of unbranched alkanes of at least 4 members (excludes halogenated alkanes) is 2. The van der Waals surface area contributed by atoms with Gasteiger partial charge in [-0.15, -0.1) is 0 Å². The van der Waals surface area contributed by atoms with Crippen molar-refractivity contribution in [2.75, 3.05) is 0 Å². The number of hydrogen-bond acceptors (Lipinski definition) is 0. The minimum Gasteiger partial charge on any atom is -0.160 e. The zero-order valence-electron chi connectivity index (χ0n) is 4.72. The normalized spacial score (nSPS) is 10.4. The van der Waals surface area contributed by atoms with Crippen LogP contribution in [0.3, 0.4) is 0 Å². The van der Waals surface area contributed by atoms with E-state index in [4.69, 9.17) is 5.73 Å². The second-order valence-electron chi connectivity index (χ2n) is 1.53. The first-order chi connectivity index (χ1) is 3.41. The lowest BCUT2D eigenvalue weighted by Gasteiger charge is -1.82. The van der Waals surface area contributed by atoms with Crippen molar-refractivity contribution in [1.82, 2.24) is 5.73 Å². The summed E-state index contributed by atoms with van der Waals surface area (Å²) < 4.78 is 0. The average molecular weight is 97.2 g/mol. The van der Waals surface area contributed by atoms with Gasteiger partial charge in [-0.25, -0.2) is 0 Å². The monoisotopic (exact) mass is 97.1 g/mol. The SMILES string of the molecule is CCCCC=C[N]. The van der Waals surface area contributed by atoms with Crippen LogP contribution in [0.5, 0.6) is 0 Å². The molecule has 0 aliphatic rings. The number of hydrogen-bond donors (Lipinski definition) is 0. The molecular formula is C6H11N. The quantitative estimate of drug-likeness (QED) is 0.479. The van der Waals surface area contributed by atoms with Gasteiger partial charge in [0.25, 0.3) is 0 Å². The molecule has 0 N–H and O–H groups in total. The van der Waals surface area contributed by atoms with Crippen molar-refractivity contribution in [2.45, 2.75) is 26.2 Å². The summed E-state index contributed by atoms with van der Waals surface area (Å²) in [5, 5.41) is 0. The minimum atomic E-state index is 1.01. The molecule has 0 aliphatic heterocycles. The van der Waals surface area contributed by atoms with Gasteiger partial charge in [0.2, 0.25) is 0 Å². The van der Waals surface area contributed by atoms with Crippen LogP contribution in [0.15, 0.2) is 12.3 Å². The van der Waals surface area contributed by atoms with Gasteiger partial charge >= 0.3 is 0 Å². The first-order valence-corrected chi connectivity index (χ1v) is 2.71. The van der Waals surface area contributed by atoms with Crippen molar-refractivity contribution in [2.24, 2.45) is 0 Å². The van der Waals surface area contributed by atoms with E-state index in [0.717, 1.165) is 12.6 Å².